The van der Waals surface area contributed by atoms with Gasteiger partial charge in [-0.15, -0.1) is 0 Å². The molecule has 2 fully saturated rings. The van der Waals surface area contributed by atoms with Crippen LogP contribution < -0.4 is 0 Å². The molecule has 1 unspecified atom stereocenters. The Morgan fingerprint density at radius 3 is 2.17 bits per heavy atom. The Labute approximate surface area is 76.7 Å². The third-order valence-corrected chi connectivity index (χ3v) is 3.96. The van der Waals surface area contributed by atoms with Crippen LogP contribution in [0, 0.1) is 23.2 Å². The van der Waals surface area contributed by atoms with Gasteiger partial charge >= 0.3 is 0 Å². The highest BCUT2D eigenvalue weighted by molar-refractivity contribution is 4.91. The van der Waals surface area contributed by atoms with Crippen molar-refractivity contribution >= 4 is 0 Å². The van der Waals surface area contributed by atoms with Crippen LogP contribution in [0.15, 0.2) is 0 Å². The summed E-state index contributed by atoms with van der Waals surface area (Å²) in [5.74, 6) is 3.17. The lowest BCUT2D eigenvalue weighted by molar-refractivity contribution is 0.224. The highest BCUT2D eigenvalue weighted by Gasteiger charge is 2.40. The van der Waals surface area contributed by atoms with E-state index >= 15 is 0 Å². The summed E-state index contributed by atoms with van der Waals surface area (Å²) in [6, 6.07) is 0. The van der Waals surface area contributed by atoms with Crippen LogP contribution in [0.1, 0.15) is 52.9 Å². The molecule has 0 heteroatoms. The molecule has 0 aliphatic heterocycles. The molecular formula is C12H22. The topological polar surface area (TPSA) is 0 Å². The van der Waals surface area contributed by atoms with Gasteiger partial charge in [0, 0.05) is 0 Å². The second kappa shape index (κ2) is 2.75. The Morgan fingerprint density at radius 1 is 1.17 bits per heavy atom. The van der Waals surface area contributed by atoms with Gasteiger partial charge in [-0.1, -0.05) is 20.8 Å². The summed E-state index contributed by atoms with van der Waals surface area (Å²) in [4.78, 5) is 0. The number of hydrogen-bond acceptors (Lipinski definition) is 0. The quantitative estimate of drug-likeness (QED) is 0.595. The van der Waals surface area contributed by atoms with Crippen molar-refractivity contribution < 1.29 is 0 Å². The molecule has 0 aromatic rings. The van der Waals surface area contributed by atoms with Crippen molar-refractivity contribution in [1.82, 2.24) is 0 Å². The molecule has 0 saturated heterocycles. The van der Waals surface area contributed by atoms with E-state index < -0.39 is 0 Å². The largest absolute Gasteiger partial charge is 0.0622 e. The molecule has 2 rings (SSSR count). The monoisotopic (exact) mass is 166 g/mol. The summed E-state index contributed by atoms with van der Waals surface area (Å²) in [6.45, 7) is 7.41. The molecule has 1 atom stereocenters. The van der Waals surface area contributed by atoms with Crippen LogP contribution >= 0.6 is 0 Å². The van der Waals surface area contributed by atoms with E-state index in [-0.39, 0.29) is 0 Å². The van der Waals surface area contributed by atoms with E-state index in [1.54, 1.807) is 0 Å². The lowest BCUT2D eigenvalue weighted by Crippen LogP contribution is -2.18. The molecule has 0 radical (unpaired) electrons. The molecule has 12 heavy (non-hydrogen) atoms. The van der Waals surface area contributed by atoms with Crippen molar-refractivity contribution in [2.75, 3.05) is 0 Å². The average molecular weight is 166 g/mol. The zero-order valence-corrected chi connectivity index (χ0v) is 8.77. The molecule has 0 heterocycles. The van der Waals surface area contributed by atoms with E-state index in [2.05, 4.69) is 20.8 Å². The standard InChI is InChI=1S/C12H22/c1-9(10-4-5-10)8-12(2,3)11-6-7-11/h9-11H,4-8H2,1-3H3. The van der Waals surface area contributed by atoms with E-state index in [0.29, 0.717) is 5.41 Å². The summed E-state index contributed by atoms with van der Waals surface area (Å²) in [6.07, 6.45) is 7.51. The minimum absolute atomic E-state index is 0.655. The van der Waals surface area contributed by atoms with Gasteiger partial charge in [-0.3, -0.25) is 0 Å². The first-order valence-corrected chi connectivity index (χ1v) is 5.59. The van der Waals surface area contributed by atoms with Crippen molar-refractivity contribution in [2.45, 2.75) is 52.9 Å². The van der Waals surface area contributed by atoms with E-state index in [1.165, 1.54) is 32.1 Å². The Morgan fingerprint density at radius 2 is 1.75 bits per heavy atom. The van der Waals surface area contributed by atoms with Crippen LogP contribution in [-0.2, 0) is 0 Å². The maximum absolute atomic E-state index is 2.48. The van der Waals surface area contributed by atoms with Gasteiger partial charge in [0.2, 0.25) is 0 Å². The second-order valence-corrected chi connectivity index (χ2v) is 5.78. The van der Waals surface area contributed by atoms with Gasteiger partial charge in [0.15, 0.2) is 0 Å². The smallest absolute Gasteiger partial charge is 0.0323 e. The molecular weight excluding hydrogens is 144 g/mol. The van der Waals surface area contributed by atoms with Crippen LogP contribution in [0.3, 0.4) is 0 Å². The third kappa shape index (κ3) is 1.84. The van der Waals surface area contributed by atoms with Gasteiger partial charge in [0.05, 0.1) is 0 Å². The fourth-order valence-corrected chi connectivity index (χ4v) is 2.69. The van der Waals surface area contributed by atoms with Crippen LogP contribution in [-0.4, -0.2) is 0 Å². The van der Waals surface area contributed by atoms with Crippen molar-refractivity contribution in [1.29, 1.82) is 0 Å². The molecule has 2 saturated carbocycles. The number of rotatable bonds is 4. The molecule has 0 N–H and O–H groups in total. The van der Waals surface area contributed by atoms with E-state index in [4.69, 9.17) is 0 Å². The SMILES string of the molecule is CC(CC(C)(C)C1CC1)C1CC1. The minimum Gasteiger partial charge on any atom is -0.0622 e. The Hall–Kier alpha value is 0. The van der Waals surface area contributed by atoms with Gasteiger partial charge in [0.25, 0.3) is 0 Å². The van der Waals surface area contributed by atoms with Crippen molar-refractivity contribution in [3.63, 3.8) is 0 Å². The van der Waals surface area contributed by atoms with Crippen LogP contribution in [0.4, 0.5) is 0 Å². The molecule has 0 aromatic heterocycles. The van der Waals surface area contributed by atoms with Crippen LogP contribution in [0.5, 0.6) is 0 Å². The summed E-state index contributed by atoms with van der Waals surface area (Å²) in [7, 11) is 0. The highest BCUT2D eigenvalue weighted by Crippen LogP contribution is 2.51. The number of hydrogen-bond donors (Lipinski definition) is 0. The van der Waals surface area contributed by atoms with Crippen molar-refractivity contribution in [2.24, 2.45) is 23.2 Å². The predicted octanol–water partition coefficient (Wildman–Crippen LogP) is 3.86. The third-order valence-electron chi connectivity index (χ3n) is 3.96. The average Bonchev–Trinajstić information content (AvgIpc) is 2.83. The molecule has 0 aromatic carbocycles. The second-order valence-electron chi connectivity index (χ2n) is 5.78. The van der Waals surface area contributed by atoms with Gasteiger partial charge in [0.1, 0.15) is 0 Å². The molecule has 2 aliphatic carbocycles. The zero-order chi connectivity index (χ0) is 8.77. The van der Waals surface area contributed by atoms with Crippen LogP contribution in [0.25, 0.3) is 0 Å². The highest BCUT2D eigenvalue weighted by atomic mass is 14.5. The van der Waals surface area contributed by atoms with Gasteiger partial charge < -0.3 is 0 Å². The Kier molecular flexibility index (Phi) is 1.97. The van der Waals surface area contributed by atoms with E-state index in [9.17, 15) is 0 Å². The molecule has 0 nitrogen and oxygen atoms in total. The molecule has 0 spiro atoms. The van der Waals surface area contributed by atoms with Crippen LogP contribution in [0.2, 0.25) is 0 Å². The lowest BCUT2D eigenvalue weighted by Gasteiger charge is -2.28. The summed E-state index contributed by atoms with van der Waals surface area (Å²) in [5.41, 5.74) is 0.655. The molecule has 0 amide bonds. The lowest BCUT2D eigenvalue weighted by atomic mass is 9.78. The van der Waals surface area contributed by atoms with Crippen molar-refractivity contribution in [3.05, 3.63) is 0 Å². The van der Waals surface area contributed by atoms with E-state index in [1.807, 2.05) is 0 Å². The first kappa shape index (κ1) is 8.59. The minimum atomic E-state index is 0.655. The first-order valence-electron chi connectivity index (χ1n) is 5.59. The maximum atomic E-state index is 2.48. The fourth-order valence-electron chi connectivity index (χ4n) is 2.69. The first-order chi connectivity index (χ1) is 5.59. The summed E-state index contributed by atoms with van der Waals surface area (Å²) >= 11 is 0. The van der Waals surface area contributed by atoms with Gasteiger partial charge in [-0.25, -0.2) is 0 Å². The predicted molar refractivity (Wildman–Crippen MR) is 53.0 cm³/mol. The van der Waals surface area contributed by atoms with Crippen molar-refractivity contribution in [3.8, 4) is 0 Å². The maximum Gasteiger partial charge on any atom is -0.0323 e. The van der Waals surface area contributed by atoms with Gasteiger partial charge in [-0.05, 0) is 55.3 Å². The molecule has 0 bridgehead atoms. The Balaban J connectivity index is 1.82. The van der Waals surface area contributed by atoms with Gasteiger partial charge in [-0.2, -0.15) is 0 Å². The normalized spacial score (nSPS) is 27.2. The fraction of sp³-hybridized carbons (Fsp3) is 1.00. The molecule has 2 aliphatic rings. The summed E-state index contributed by atoms with van der Waals surface area (Å²) in [5, 5.41) is 0. The summed E-state index contributed by atoms with van der Waals surface area (Å²) < 4.78 is 0. The zero-order valence-electron chi connectivity index (χ0n) is 8.77. The molecule has 70 valence electrons. The van der Waals surface area contributed by atoms with E-state index in [0.717, 1.165) is 17.8 Å². The Bertz CT molecular complexity index is 161.